The highest BCUT2D eigenvalue weighted by Gasteiger charge is 2.29. The van der Waals surface area contributed by atoms with Crippen molar-refractivity contribution in [2.45, 2.75) is 59.8 Å². The Bertz CT molecular complexity index is 397. The fraction of sp³-hybridized carbons (Fsp3) is 0.824. The molecule has 2 nitrogen and oxygen atoms in total. The highest BCUT2D eigenvalue weighted by atomic mass is 32.1. The predicted molar refractivity (Wildman–Crippen MR) is 88.3 cm³/mol. The summed E-state index contributed by atoms with van der Waals surface area (Å²) in [6, 6.07) is 0. The molecule has 1 aromatic rings. The SMILES string of the molecule is Cc1csc(CCNCC2CCC(C(C)(C)C)CC2)n1. The van der Waals surface area contributed by atoms with Crippen molar-refractivity contribution in [1.29, 1.82) is 0 Å². The van der Waals surface area contributed by atoms with E-state index >= 15 is 0 Å². The largest absolute Gasteiger partial charge is 0.316 e. The van der Waals surface area contributed by atoms with Crippen molar-refractivity contribution in [1.82, 2.24) is 10.3 Å². The second-order valence-electron chi connectivity index (χ2n) is 7.42. The molecular formula is C17H30N2S. The smallest absolute Gasteiger partial charge is 0.0940 e. The monoisotopic (exact) mass is 294 g/mol. The minimum Gasteiger partial charge on any atom is -0.316 e. The van der Waals surface area contributed by atoms with Crippen molar-refractivity contribution in [3.05, 3.63) is 16.1 Å². The molecule has 1 N–H and O–H groups in total. The lowest BCUT2D eigenvalue weighted by molar-refractivity contribution is 0.149. The number of rotatable bonds is 5. The number of hydrogen-bond donors (Lipinski definition) is 1. The summed E-state index contributed by atoms with van der Waals surface area (Å²) >= 11 is 1.79. The number of aryl methyl sites for hydroxylation is 1. The van der Waals surface area contributed by atoms with Crippen LogP contribution in [0.15, 0.2) is 5.38 Å². The summed E-state index contributed by atoms with van der Waals surface area (Å²) in [7, 11) is 0. The summed E-state index contributed by atoms with van der Waals surface area (Å²) in [5, 5.41) is 7.04. The summed E-state index contributed by atoms with van der Waals surface area (Å²) in [6.45, 7) is 11.5. The predicted octanol–water partition coefficient (Wildman–Crippen LogP) is 4.44. The van der Waals surface area contributed by atoms with E-state index in [0.29, 0.717) is 5.41 Å². The Kier molecular flexibility index (Phi) is 5.62. The molecule has 1 aliphatic carbocycles. The number of hydrogen-bond acceptors (Lipinski definition) is 3. The van der Waals surface area contributed by atoms with Gasteiger partial charge >= 0.3 is 0 Å². The Morgan fingerprint density at radius 1 is 1.25 bits per heavy atom. The van der Waals surface area contributed by atoms with E-state index in [1.165, 1.54) is 37.2 Å². The number of nitrogens with one attached hydrogen (secondary N) is 1. The van der Waals surface area contributed by atoms with E-state index < -0.39 is 0 Å². The van der Waals surface area contributed by atoms with Crippen LogP contribution in [0.3, 0.4) is 0 Å². The van der Waals surface area contributed by atoms with Gasteiger partial charge in [-0.25, -0.2) is 4.98 Å². The molecule has 0 saturated heterocycles. The van der Waals surface area contributed by atoms with E-state index in [-0.39, 0.29) is 0 Å². The minimum atomic E-state index is 0.501. The Balaban J connectivity index is 1.59. The molecule has 20 heavy (non-hydrogen) atoms. The molecule has 0 spiro atoms. The maximum absolute atomic E-state index is 4.51. The third-order valence-electron chi connectivity index (χ3n) is 4.69. The third kappa shape index (κ3) is 4.85. The summed E-state index contributed by atoms with van der Waals surface area (Å²) < 4.78 is 0. The van der Waals surface area contributed by atoms with Crippen LogP contribution in [0.25, 0.3) is 0 Å². The van der Waals surface area contributed by atoms with Gasteiger partial charge in [-0.15, -0.1) is 11.3 Å². The molecular weight excluding hydrogens is 264 g/mol. The van der Waals surface area contributed by atoms with E-state index in [1.807, 2.05) is 0 Å². The van der Waals surface area contributed by atoms with Crippen molar-refractivity contribution in [2.24, 2.45) is 17.3 Å². The van der Waals surface area contributed by atoms with E-state index in [9.17, 15) is 0 Å². The van der Waals surface area contributed by atoms with Crippen LogP contribution in [0.2, 0.25) is 0 Å². The van der Waals surface area contributed by atoms with Gasteiger partial charge in [-0.2, -0.15) is 0 Å². The molecule has 0 atom stereocenters. The Hall–Kier alpha value is -0.410. The van der Waals surface area contributed by atoms with Crippen molar-refractivity contribution < 1.29 is 0 Å². The van der Waals surface area contributed by atoms with Crippen LogP contribution in [0.4, 0.5) is 0 Å². The van der Waals surface area contributed by atoms with Crippen molar-refractivity contribution in [3.8, 4) is 0 Å². The first-order chi connectivity index (χ1) is 9.45. The first-order valence-electron chi connectivity index (χ1n) is 8.07. The zero-order valence-electron chi connectivity index (χ0n) is 13.5. The van der Waals surface area contributed by atoms with Gasteiger partial charge < -0.3 is 5.32 Å². The van der Waals surface area contributed by atoms with E-state index in [2.05, 4.69) is 43.4 Å². The number of thiazole rings is 1. The fourth-order valence-electron chi connectivity index (χ4n) is 3.25. The summed E-state index contributed by atoms with van der Waals surface area (Å²) in [4.78, 5) is 4.51. The van der Waals surface area contributed by atoms with E-state index in [4.69, 9.17) is 0 Å². The topological polar surface area (TPSA) is 24.9 Å². The minimum absolute atomic E-state index is 0.501. The molecule has 114 valence electrons. The van der Waals surface area contributed by atoms with Gasteiger partial charge in [0.1, 0.15) is 0 Å². The average molecular weight is 295 g/mol. The van der Waals surface area contributed by atoms with Crippen LogP contribution in [0.5, 0.6) is 0 Å². The molecule has 0 radical (unpaired) electrons. The Morgan fingerprint density at radius 2 is 1.95 bits per heavy atom. The zero-order chi connectivity index (χ0) is 14.6. The van der Waals surface area contributed by atoms with Crippen LogP contribution < -0.4 is 5.32 Å². The number of nitrogens with zero attached hydrogens (tertiary/aromatic N) is 1. The van der Waals surface area contributed by atoms with Gasteiger partial charge in [0.05, 0.1) is 5.01 Å². The molecule has 1 heterocycles. The van der Waals surface area contributed by atoms with Crippen LogP contribution in [-0.2, 0) is 6.42 Å². The van der Waals surface area contributed by atoms with E-state index in [1.54, 1.807) is 11.3 Å². The summed E-state index contributed by atoms with van der Waals surface area (Å²) in [5.41, 5.74) is 1.66. The summed E-state index contributed by atoms with van der Waals surface area (Å²) in [5.74, 6) is 1.82. The maximum Gasteiger partial charge on any atom is 0.0940 e. The molecule has 0 aromatic carbocycles. The molecule has 3 heteroatoms. The van der Waals surface area contributed by atoms with Crippen LogP contribution in [0.1, 0.15) is 57.2 Å². The van der Waals surface area contributed by atoms with Crippen LogP contribution in [-0.4, -0.2) is 18.1 Å². The molecule has 1 aromatic heterocycles. The lowest BCUT2D eigenvalue weighted by Crippen LogP contribution is -2.31. The van der Waals surface area contributed by atoms with Gasteiger partial charge in [0.25, 0.3) is 0 Å². The average Bonchev–Trinajstić information content (AvgIpc) is 2.80. The molecule has 0 unspecified atom stereocenters. The lowest BCUT2D eigenvalue weighted by Gasteiger charge is -2.37. The molecule has 1 fully saturated rings. The normalized spacial score (nSPS) is 24.0. The van der Waals surface area contributed by atoms with Crippen LogP contribution >= 0.6 is 11.3 Å². The van der Waals surface area contributed by atoms with Crippen molar-refractivity contribution in [2.75, 3.05) is 13.1 Å². The Labute approximate surface area is 128 Å². The summed E-state index contributed by atoms with van der Waals surface area (Å²) in [6.07, 6.45) is 6.73. The standard InChI is InChI=1S/C17H30N2S/c1-13-12-20-16(19-13)9-10-18-11-14-5-7-15(8-6-14)17(2,3)4/h12,14-15,18H,5-11H2,1-4H3. The Morgan fingerprint density at radius 3 is 2.50 bits per heavy atom. The van der Waals surface area contributed by atoms with E-state index in [0.717, 1.165) is 30.5 Å². The van der Waals surface area contributed by atoms with Gasteiger partial charge in [0.2, 0.25) is 0 Å². The fourth-order valence-corrected chi connectivity index (χ4v) is 4.03. The first kappa shape index (κ1) is 16.0. The molecule has 1 aliphatic rings. The van der Waals surface area contributed by atoms with Crippen LogP contribution in [0, 0.1) is 24.2 Å². The maximum atomic E-state index is 4.51. The molecule has 0 aliphatic heterocycles. The molecule has 0 bridgehead atoms. The van der Waals surface area contributed by atoms with Gasteiger partial charge in [-0.05, 0) is 56.4 Å². The van der Waals surface area contributed by atoms with Gasteiger partial charge in [0.15, 0.2) is 0 Å². The zero-order valence-corrected chi connectivity index (χ0v) is 14.4. The second kappa shape index (κ2) is 7.04. The van der Waals surface area contributed by atoms with Crippen molar-refractivity contribution in [3.63, 3.8) is 0 Å². The second-order valence-corrected chi connectivity index (χ2v) is 8.36. The van der Waals surface area contributed by atoms with Crippen molar-refractivity contribution >= 4 is 11.3 Å². The highest BCUT2D eigenvalue weighted by Crippen LogP contribution is 2.39. The van der Waals surface area contributed by atoms with Gasteiger partial charge in [-0.3, -0.25) is 0 Å². The number of aromatic nitrogens is 1. The lowest BCUT2D eigenvalue weighted by atomic mass is 9.70. The van der Waals surface area contributed by atoms with Gasteiger partial charge in [0, 0.05) is 24.0 Å². The molecule has 0 amide bonds. The molecule has 1 saturated carbocycles. The van der Waals surface area contributed by atoms with Gasteiger partial charge in [-0.1, -0.05) is 20.8 Å². The quantitative estimate of drug-likeness (QED) is 0.812. The first-order valence-corrected chi connectivity index (χ1v) is 8.95. The third-order valence-corrected chi connectivity index (χ3v) is 5.71. The highest BCUT2D eigenvalue weighted by molar-refractivity contribution is 7.09. The molecule has 2 rings (SSSR count).